The number of hydrogen-bond donors (Lipinski definition) is 1. The van der Waals surface area contributed by atoms with Gasteiger partial charge in [-0.2, -0.15) is 4.98 Å². The van der Waals surface area contributed by atoms with Crippen LogP contribution in [0.3, 0.4) is 0 Å². The molecule has 4 rings (SSSR count). The zero-order chi connectivity index (χ0) is 18.1. The molecule has 0 radical (unpaired) electrons. The summed E-state index contributed by atoms with van der Waals surface area (Å²) in [6.45, 7) is 1.80. The van der Waals surface area contributed by atoms with Gasteiger partial charge in [0.1, 0.15) is 11.6 Å². The molecule has 0 saturated heterocycles. The number of nitrogens with one attached hydrogen (secondary N) is 1. The maximum atomic E-state index is 12.2. The summed E-state index contributed by atoms with van der Waals surface area (Å²) in [6.07, 6.45) is 0. The highest BCUT2D eigenvalue weighted by Crippen LogP contribution is 2.22. The monoisotopic (exact) mass is 348 g/mol. The average molecular weight is 348 g/mol. The molecular formula is C18H16N6O2. The van der Waals surface area contributed by atoms with Gasteiger partial charge in [-0.3, -0.25) is 4.79 Å². The Labute approximate surface area is 148 Å². The van der Waals surface area contributed by atoms with E-state index in [9.17, 15) is 4.79 Å². The van der Waals surface area contributed by atoms with Gasteiger partial charge in [-0.25, -0.2) is 4.68 Å². The summed E-state index contributed by atoms with van der Waals surface area (Å²) in [5.74, 6) is 0.594. The van der Waals surface area contributed by atoms with Crippen LogP contribution in [0.2, 0.25) is 0 Å². The van der Waals surface area contributed by atoms with Crippen molar-refractivity contribution in [2.75, 3.05) is 0 Å². The number of nitrogens with zero attached hydrogens (tertiary/aromatic N) is 5. The summed E-state index contributed by atoms with van der Waals surface area (Å²) in [4.78, 5) is 16.6. The third-order valence-corrected chi connectivity index (χ3v) is 4.06. The van der Waals surface area contributed by atoms with Crippen LogP contribution >= 0.6 is 0 Å². The molecule has 2 heterocycles. The molecule has 1 N–H and O–H groups in total. The first kappa shape index (κ1) is 15.9. The first-order valence-electron chi connectivity index (χ1n) is 8.11. The number of carbonyl (C=O) groups excluding carboxylic acids is 1. The second-order valence-electron chi connectivity index (χ2n) is 5.93. The Bertz CT molecular complexity index is 1070. The van der Waals surface area contributed by atoms with Crippen LogP contribution in [-0.4, -0.2) is 31.0 Å². The second-order valence-corrected chi connectivity index (χ2v) is 5.93. The van der Waals surface area contributed by atoms with E-state index in [4.69, 9.17) is 4.52 Å². The van der Waals surface area contributed by atoms with Crippen LogP contribution in [0.5, 0.6) is 0 Å². The molecule has 0 aliphatic heterocycles. The van der Waals surface area contributed by atoms with Crippen molar-refractivity contribution in [2.45, 2.75) is 13.0 Å². The Balaban J connectivity index is 1.55. The van der Waals surface area contributed by atoms with Crippen molar-refractivity contribution < 1.29 is 9.32 Å². The standard InChI is InChI=1S/C18H16N6O2/c1-11(19-17(25)12-6-4-3-5-7-12)18-20-16(22-26-18)13-8-9-14-15(10-13)24(2)23-21-14/h3-11H,1-2H3,(H,19,25)/t11-/m1/s1. The van der Waals surface area contributed by atoms with E-state index < -0.39 is 6.04 Å². The number of benzene rings is 2. The smallest absolute Gasteiger partial charge is 0.251 e. The van der Waals surface area contributed by atoms with Gasteiger partial charge in [0.25, 0.3) is 5.91 Å². The first-order valence-corrected chi connectivity index (χ1v) is 8.11. The van der Waals surface area contributed by atoms with Crippen LogP contribution in [0.25, 0.3) is 22.4 Å². The number of aromatic nitrogens is 5. The molecule has 0 spiro atoms. The molecule has 1 atom stereocenters. The molecule has 2 aromatic carbocycles. The fourth-order valence-corrected chi connectivity index (χ4v) is 2.63. The molecule has 130 valence electrons. The molecule has 4 aromatic rings. The van der Waals surface area contributed by atoms with E-state index in [0.29, 0.717) is 17.3 Å². The Hall–Kier alpha value is -3.55. The third kappa shape index (κ3) is 2.92. The summed E-state index contributed by atoms with van der Waals surface area (Å²) in [7, 11) is 1.82. The molecule has 1 amide bonds. The lowest BCUT2D eigenvalue weighted by molar-refractivity contribution is 0.0932. The highest BCUT2D eigenvalue weighted by Gasteiger charge is 2.18. The van der Waals surface area contributed by atoms with Crippen molar-refractivity contribution in [3.63, 3.8) is 0 Å². The van der Waals surface area contributed by atoms with Crippen molar-refractivity contribution in [3.05, 3.63) is 60.0 Å². The molecule has 0 saturated carbocycles. The zero-order valence-electron chi connectivity index (χ0n) is 14.2. The maximum absolute atomic E-state index is 12.2. The number of fused-ring (bicyclic) bond motifs is 1. The summed E-state index contributed by atoms with van der Waals surface area (Å²) >= 11 is 0. The molecule has 0 aliphatic rings. The predicted molar refractivity (Wildman–Crippen MR) is 94.1 cm³/mol. The maximum Gasteiger partial charge on any atom is 0.251 e. The number of carbonyl (C=O) groups is 1. The lowest BCUT2D eigenvalue weighted by Crippen LogP contribution is -2.26. The fourth-order valence-electron chi connectivity index (χ4n) is 2.63. The van der Waals surface area contributed by atoms with Crippen molar-refractivity contribution in [2.24, 2.45) is 7.05 Å². The molecular weight excluding hydrogens is 332 g/mol. The molecule has 0 fully saturated rings. The minimum atomic E-state index is -0.411. The fraction of sp³-hybridized carbons (Fsp3) is 0.167. The van der Waals surface area contributed by atoms with E-state index in [1.165, 1.54) is 0 Å². The van der Waals surface area contributed by atoms with Gasteiger partial charge in [0.15, 0.2) is 0 Å². The second kappa shape index (κ2) is 6.40. The highest BCUT2D eigenvalue weighted by atomic mass is 16.5. The number of hydrogen-bond acceptors (Lipinski definition) is 6. The molecule has 26 heavy (non-hydrogen) atoms. The van der Waals surface area contributed by atoms with E-state index in [2.05, 4.69) is 25.8 Å². The third-order valence-electron chi connectivity index (χ3n) is 4.06. The first-order chi connectivity index (χ1) is 12.6. The Kier molecular flexibility index (Phi) is 3.92. The minimum absolute atomic E-state index is 0.194. The average Bonchev–Trinajstić information content (AvgIpc) is 3.30. The van der Waals surface area contributed by atoms with Gasteiger partial charge in [0.05, 0.1) is 5.52 Å². The van der Waals surface area contributed by atoms with E-state index in [-0.39, 0.29) is 5.91 Å². The lowest BCUT2D eigenvalue weighted by Gasteiger charge is -2.09. The summed E-state index contributed by atoms with van der Waals surface area (Å²) in [6, 6.07) is 14.2. The van der Waals surface area contributed by atoms with Crippen molar-refractivity contribution >= 4 is 16.9 Å². The van der Waals surface area contributed by atoms with Crippen LogP contribution in [0.4, 0.5) is 0 Å². The SMILES string of the molecule is C[C@@H](NC(=O)c1ccccc1)c1nc(-c2ccc3nnn(C)c3c2)no1. The summed E-state index contributed by atoms with van der Waals surface area (Å²) < 4.78 is 7.01. The Morgan fingerprint density at radius 3 is 2.81 bits per heavy atom. The topological polar surface area (TPSA) is 98.7 Å². The van der Waals surface area contributed by atoms with Crippen LogP contribution < -0.4 is 5.32 Å². The normalized spacial score (nSPS) is 12.2. The quantitative estimate of drug-likeness (QED) is 0.608. The zero-order valence-corrected chi connectivity index (χ0v) is 14.2. The van der Waals surface area contributed by atoms with Crippen molar-refractivity contribution in [3.8, 4) is 11.4 Å². The minimum Gasteiger partial charge on any atom is -0.341 e. The molecule has 0 bridgehead atoms. The van der Waals surface area contributed by atoms with Crippen molar-refractivity contribution in [1.82, 2.24) is 30.5 Å². The van der Waals surface area contributed by atoms with Gasteiger partial charge < -0.3 is 9.84 Å². The van der Waals surface area contributed by atoms with Crippen LogP contribution in [0, 0.1) is 0 Å². The van der Waals surface area contributed by atoms with E-state index in [1.54, 1.807) is 23.7 Å². The van der Waals surface area contributed by atoms with Gasteiger partial charge in [-0.15, -0.1) is 5.10 Å². The van der Waals surface area contributed by atoms with Crippen LogP contribution in [0.1, 0.15) is 29.2 Å². The van der Waals surface area contributed by atoms with Gasteiger partial charge in [-0.1, -0.05) is 28.6 Å². The largest absolute Gasteiger partial charge is 0.341 e. The summed E-state index contributed by atoms with van der Waals surface area (Å²) in [5, 5.41) is 14.9. The predicted octanol–water partition coefficient (Wildman–Crippen LogP) is 2.51. The lowest BCUT2D eigenvalue weighted by atomic mass is 10.2. The number of rotatable bonds is 4. The van der Waals surface area contributed by atoms with Gasteiger partial charge in [-0.05, 0) is 37.3 Å². The van der Waals surface area contributed by atoms with Gasteiger partial charge >= 0.3 is 0 Å². The van der Waals surface area contributed by atoms with Crippen LogP contribution in [0.15, 0.2) is 53.1 Å². The molecule has 0 unspecified atom stereocenters. The van der Waals surface area contributed by atoms with Crippen molar-refractivity contribution in [1.29, 1.82) is 0 Å². The van der Waals surface area contributed by atoms with E-state index in [0.717, 1.165) is 16.6 Å². The van der Waals surface area contributed by atoms with Gasteiger partial charge in [0.2, 0.25) is 11.7 Å². The van der Waals surface area contributed by atoms with Crippen LogP contribution in [-0.2, 0) is 7.05 Å². The number of aryl methyl sites for hydroxylation is 1. The van der Waals surface area contributed by atoms with E-state index in [1.807, 2.05) is 43.4 Å². The Morgan fingerprint density at radius 2 is 2.00 bits per heavy atom. The molecule has 0 aliphatic carbocycles. The number of amides is 1. The molecule has 8 heteroatoms. The van der Waals surface area contributed by atoms with E-state index >= 15 is 0 Å². The molecule has 8 nitrogen and oxygen atoms in total. The molecule has 2 aromatic heterocycles. The highest BCUT2D eigenvalue weighted by molar-refractivity contribution is 5.94. The summed E-state index contributed by atoms with van der Waals surface area (Å²) in [5.41, 5.74) is 3.04. The van der Waals surface area contributed by atoms with Gasteiger partial charge in [0, 0.05) is 18.2 Å². The Morgan fingerprint density at radius 1 is 1.19 bits per heavy atom.